The van der Waals surface area contributed by atoms with Gasteiger partial charge in [-0.1, -0.05) is 22.9 Å². The second kappa shape index (κ2) is 11.3. The van der Waals surface area contributed by atoms with E-state index in [0.717, 1.165) is 65.3 Å². The third-order valence-electron chi connectivity index (χ3n) is 5.25. The van der Waals surface area contributed by atoms with E-state index in [1.807, 2.05) is 47.4 Å². The van der Waals surface area contributed by atoms with Crippen molar-refractivity contribution in [2.45, 2.75) is 11.3 Å². The second-order valence-corrected chi connectivity index (χ2v) is 9.92. The van der Waals surface area contributed by atoms with Gasteiger partial charge in [0, 0.05) is 36.1 Å². The zero-order chi connectivity index (χ0) is 22.3. The molecular weight excluding hydrogens is 466 g/mol. The third kappa shape index (κ3) is 6.14. The fraction of sp³-hybridized carbons (Fsp3) is 0.391. The molecule has 1 saturated heterocycles. The molecule has 0 bridgehead atoms. The summed E-state index contributed by atoms with van der Waals surface area (Å²) in [6, 6.07) is 13.4. The van der Waals surface area contributed by atoms with E-state index >= 15 is 0 Å². The average Bonchev–Trinajstić information content (AvgIpc) is 3.24. The summed E-state index contributed by atoms with van der Waals surface area (Å²) in [7, 11) is 1.64. The molecule has 1 aliphatic heterocycles. The molecule has 0 unspecified atom stereocenters. The lowest BCUT2D eigenvalue weighted by Crippen LogP contribution is -2.39. The number of thioether (sulfide) groups is 1. The van der Waals surface area contributed by atoms with Gasteiger partial charge in [0.25, 0.3) is 0 Å². The third-order valence-corrected chi connectivity index (χ3v) is 7.53. The van der Waals surface area contributed by atoms with Crippen LogP contribution < -0.4 is 9.64 Å². The van der Waals surface area contributed by atoms with Crippen molar-refractivity contribution in [3.63, 3.8) is 0 Å². The number of ether oxygens (including phenoxy) is 2. The van der Waals surface area contributed by atoms with Gasteiger partial charge >= 0.3 is 0 Å². The van der Waals surface area contributed by atoms with E-state index in [4.69, 9.17) is 26.1 Å². The Balaban J connectivity index is 1.45. The molecule has 3 aromatic rings. The number of fused-ring (bicyclic) bond motifs is 1. The van der Waals surface area contributed by atoms with Crippen LogP contribution in [0.1, 0.15) is 6.42 Å². The van der Waals surface area contributed by atoms with Crippen molar-refractivity contribution in [2.75, 3.05) is 57.2 Å². The van der Waals surface area contributed by atoms with Crippen molar-refractivity contribution in [1.82, 2.24) is 9.88 Å². The van der Waals surface area contributed by atoms with Gasteiger partial charge in [0.05, 0.1) is 36.3 Å². The lowest BCUT2D eigenvalue weighted by molar-refractivity contribution is -0.116. The number of halogens is 1. The number of carbonyl (C=O) groups excluding carboxylic acids is 1. The minimum Gasteiger partial charge on any atom is -0.497 e. The Bertz CT molecular complexity index is 1040. The topological polar surface area (TPSA) is 54.9 Å². The van der Waals surface area contributed by atoms with Crippen molar-refractivity contribution in [2.24, 2.45) is 0 Å². The fourth-order valence-corrected chi connectivity index (χ4v) is 5.56. The standard InChI is InChI=1S/C23H26ClN3O3S2/c1-29-18-4-6-19(7-5-18)31-16-22(28)27(10-2-9-26-11-13-30-14-12-26)23-25-20-8-3-17(24)15-21(20)32-23/h3-8,15H,2,9-14,16H2,1H3. The average molecular weight is 492 g/mol. The van der Waals surface area contributed by atoms with Crippen LogP contribution in [0.2, 0.25) is 5.02 Å². The number of anilines is 1. The van der Waals surface area contributed by atoms with Crippen LogP contribution in [0.4, 0.5) is 5.13 Å². The minimum atomic E-state index is 0.0537. The number of benzene rings is 2. The highest BCUT2D eigenvalue weighted by Crippen LogP contribution is 2.32. The van der Waals surface area contributed by atoms with Gasteiger partial charge in [-0.05, 0) is 48.9 Å². The van der Waals surface area contributed by atoms with Crippen molar-refractivity contribution < 1.29 is 14.3 Å². The molecule has 170 valence electrons. The number of morpholine rings is 1. The Kier molecular flexibility index (Phi) is 8.26. The van der Waals surface area contributed by atoms with E-state index < -0.39 is 0 Å². The molecule has 4 rings (SSSR count). The normalized spacial score (nSPS) is 14.6. The fourth-order valence-electron chi connectivity index (χ4n) is 3.50. The first-order valence-electron chi connectivity index (χ1n) is 10.6. The first kappa shape index (κ1) is 23.3. The molecule has 1 amide bonds. The van der Waals surface area contributed by atoms with E-state index in [2.05, 4.69) is 4.90 Å². The molecule has 2 heterocycles. The summed E-state index contributed by atoms with van der Waals surface area (Å²) in [4.78, 5) is 23.2. The van der Waals surface area contributed by atoms with E-state index in [9.17, 15) is 4.79 Å². The van der Waals surface area contributed by atoms with Crippen LogP contribution in [0.5, 0.6) is 5.75 Å². The van der Waals surface area contributed by atoms with E-state index in [0.29, 0.717) is 17.3 Å². The van der Waals surface area contributed by atoms with Crippen LogP contribution in [0, 0.1) is 0 Å². The number of hydrogen-bond donors (Lipinski definition) is 0. The SMILES string of the molecule is COc1ccc(SCC(=O)N(CCCN2CCOCC2)c2nc3ccc(Cl)cc3s2)cc1. The smallest absolute Gasteiger partial charge is 0.239 e. The molecule has 0 spiro atoms. The molecule has 1 aromatic heterocycles. The highest BCUT2D eigenvalue weighted by molar-refractivity contribution is 8.00. The zero-order valence-electron chi connectivity index (χ0n) is 18.0. The van der Waals surface area contributed by atoms with Gasteiger partial charge in [-0.3, -0.25) is 14.6 Å². The monoisotopic (exact) mass is 491 g/mol. The summed E-state index contributed by atoms with van der Waals surface area (Å²) >= 11 is 9.18. The number of rotatable bonds is 9. The summed E-state index contributed by atoms with van der Waals surface area (Å²) in [5.74, 6) is 1.21. The molecule has 0 atom stereocenters. The number of methoxy groups -OCH3 is 1. The van der Waals surface area contributed by atoms with Crippen molar-refractivity contribution in [1.29, 1.82) is 0 Å². The highest BCUT2D eigenvalue weighted by Gasteiger charge is 2.21. The predicted octanol–water partition coefficient (Wildman–Crippen LogP) is 4.81. The van der Waals surface area contributed by atoms with Gasteiger partial charge in [-0.25, -0.2) is 4.98 Å². The maximum absolute atomic E-state index is 13.3. The summed E-state index contributed by atoms with van der Waals surface area (Å²) in [6.45, 7) is 5.02. The number of carbonyl (C=O) groups is 1. The summed E-state index contributed by atoms with van der Waals surface area (Å²) in [6.07, 6.45) is 0.885. The van der Waals surface area contributed by atoms with Gasteiger partial charge in [0.15, 0.2) is 5.13 Å². The van der Waals surface area contributed by atoms with Crippen LogP contribution in [0.25, 0.3) is 10.2 Å². The quantitative estimate of drug-likeness (QED) is 0.400. The predicted molar refractivity (Wildman–Crippen MR) is 133 cm³/mol. The highest BCUT2D eigenvalue weighted by atomic mass is 35.5. The Hall–Kier alpha value is -1.84. The van der Waals surface area contributed by atoms with Crippen molar-refractivity contribution in [3.8, 4) is 5.75 Å². The molecule has 0 radical (unpaired) electrons. The Morgan fingerprint density at radius 2 is 2.03 bits per heavy atom. The Labute approximate surface area is 201 Å². The van der Waals surface area contributed by atoms with Crippen LogP contribution in [-0.2, 0) is 9.53 Å². The molecule has 6 nitrogen and oxygen atoms in total. The molecule has 1 fully saturated rings. The number of nitrogens with zero attached hydrogens (tertiary/aromatic N) is 3. The van der Waals surface area contributed by atoms with Gasteiger partial charge in [-0.15, -0.1) is 11.8 Å². The van der Waals surface area contributed by atoms with Crippen LogP contribution >= 0.6 is 34.7 Å². The van der Waals surface area contributed by atoms with Gasteiger partial charge in [0.2, 0.25) is 5.91 Å². The molecule has 0 saturated carbocycles. The summed E-state index contributed by atoms with van der Waals surface area (Å²) in [5.41, 5.74) is 0.864. The zero-order valence-corrected chi connectivity index (χ0v) is 20.3. The van der Waals surface area contributed by atoms with Gasteiger partial charge in [0.1, 0.15) is 5.75 Å². The minimum absolute atomic E-state index is 0.0537. The number of aromatic nitrogens is 1. The summed E-state index contributed by atoms with van der Waals surface area (Å²) < 4.78 is 11.6. The van der Waals surface area contributed by atoms with Gasteiger partial charge in [-0.2, -0.15) is 0 Å². The first-order valence-corrected chi connectivity index (χ1v) is 12.7. The second-order valence-electron chi connectivity index (χ2n) is 7.43. The molecule has 32 heavy (non-hydrogen) atoms. The number of hydrogen-bond acceptors (Lipinski definition) is 7. The van der Waals surface area contributed by atoms with E-state index in [1.165, 1.54) is 23.1 Å². The Morgan fingerprint density at radius 1 is 1.25 bits per heavy atom. The number of amides is 1. The maximum atomic E-state index is 13.3. The lowest BCUT2D eigenvalue weighted by Gasteiger charge is -2.27. The van der Waals surface area contributed by atoms with E-state index in [1.54, 1.807) is 7.11 Å². The van der Waals surface area contributed by atoms with E-state index in [-0.39, 0.29) is 5.91 Å². The van der Waals surface area contributed by atoms with Crippen LogP contribution in [-0.4, -0.2) is 68.0 Å². The maximum Gasteiger partial charge on any atom is 0.239 e. The van der Waals surface area contributed by atoms with Crippen molar-refractivity contribution in [3.05, 3.63) is 47.5 Å². The van der Waals surface area contributed by atoms with Crippen LogP contribution in [0.15, 0.2) is 47.4 Å². The lowest BCUT2D eigenvalue weighted by atomic mass is 10.3. The van der Waals surface area contributed by atoms with Gasteiger partial charge < -0.3 is 9.47 Å². The molecule has 0 aliphatic carbocycles. The van der Waals surface area contributed by atoms with Crippen LogP contribution in [0.3, 0.4) is 0 Å². The molecule has 9 heteroatoms. The molecular formula is C23H26ClN3O3S2. The molecule has 0 N–H and O–H groups in total. The first-order chi connectivity index (χ1) is 15.6. The molecule has 1 aliphatic rings. The summed E-state index contributed by atoms with van der Waals surface area (Å²) in [5, 5.41) is 1.40. The van der Waals surface area contributed by atoms with Crippen molar-refractivity contribution >= 4 is 56.0 Å². The Morgan fingerprint density at radius 3 is 2.78 bits per heavy atom. The largest absolute Gasteiger partial charge is 0.497 e. The molecule has 2 aromatic carbocycles. The number of thiazole rings is 1.